The lowest BCUT2D eigenvalue weighted by molar-refractivity contribution is -0.386. The number of rotatable bonds is 5. The minimum absolute atomic E-state index is 0.00729. The van der Waals surface area contributed by atoms with E-state index in [-0.39, 0.29) is 23.7 Å². The van der Waals surface area contributed by atoms with Gasteiger partial charge in [0.15, 0.2) is 0 Å². The molecular formula is C13H22N4O3. The van der Waals surface area contributed by atoms with Gasteiger partial charge in [-0.2, -0.15) is 5.10 Å². The smallest absolute Gasteiger partial charge is 0.353 e. The van der Waals surface area contributed by atoms with Crippen LogP contribution in [0.15, 0.2) is 0 Å². The van der Waals surface area contributed by atoms with Crippen LogP contribution in [0.4, 0.5) is 5.69 Å². The van der Waals surface area contributed by atoms with Crippen LogP contribution in [0, 0.1) is 10.1 Å². The predicted octanol–water partition coefficient (Wildman–Crippen LogP) is 1.93. The Morgan fingerprint density at radius 3 is 2.80 bits per heavy atom. The predicted molar refractivity (Wildman–Crippen MR) is 74.7 cm³/mol. The molecule has 1 aliphatic rings. The van der Waals surface area contributed by atoms with Gasteiger partial charge >= 0.3 is 5.69 Å². The van der Waals surface area contributed by atoms with Crippen molar-refractivity contribution in [2.45, 2.75) is 57.6 Å². The van der Waals surface area contributed by atoms with E-state index in [4.69, 9.17) is 10.5 Å². The van der Waals surface area contributed by atoms with Crippen LogP contribution in [0.3, 0.4) is 0 Å². The van der Waals surface area contributed by atoms with E-state index in [9.17, 15) is 10.1 Å². The van der Waals surface area contributed by atoms with Gasteiger partial charge in [-0.15, -0.1) is 0 Å². The molecule has 2 unspecified atom stereocenters. The molecule has 1 saturated carbocycles. The summed E-state index contributed by atoms with van der Waals surface area (Å²) in [5, 5.41) is 15.5. The number of ether oxygens (including phenoxy) is 1. The van der Waals surface area contributed by atoms with Gasteiger partial charge in [-0.1, -0.05) is 19.8 Å². The average Bonchev–Trinajstić information content (AvgIpc) is 2.69. The Morgan fingerprint density at radius 1 is 1.50 bits per heavy atom. The minimum Gasteiger partial charge on any atom is -0.468 e. The van der Waals surface area contributed by atoms with Crippen LogP contribution in [-0.4, -0.2) is 26.8 Å². The summed E-state index contributed by atoms with van der Waals surface area (Å²) in [5.41, 5.74) is 6.52. The quantitative estimate of drug-likeness (QED) is 0.657. The van der Waals surface area contributed by atoms with E-state index in [1.165, 1.54) is 4.68 Å². The van der Waals surface area contributed by atoms with Crippen LogP contribution in [0.1, 0.15) is 44.7 Å². The zero-order chi connectivity index (χ0) is 14.7. The van der Waals surface area contributed by atoms with Crippen molar-refractivity contribution in [3.8, 4) is 5.88 Å². The molecule has 1 aromatic heterocycles. The van der Waals surface area contributed by atoms with Crippen molar-refractivity contribution in [1.82, 2.24) is 9.78 Å². The summed E-state index contributed by atoms with van der Waals surface area (Å²) in [6.45, 7) is 1.97. The normalized spacial score (nSPS) is 22.8. The average molecular weight is 282 g/mol. The fourth-order valence-electron chi connectivity index (χ4n) is 2.69. The highest BCUT2D eigenvalue weighted by Gasteiger charge is 2.32. The lowest BCUT2D eigenvalue weighted by atomic mass is 9.93. The summed E-state index contributed by atoms with van der Waals surface area (Å²) in [6.07, 6.45) is 5.10. The highest BCUT2D eigenvalue weighted by atomic mass is 16.6. The first kappa shape index (κ1) is 14.8. The van der Waals surface area contributed by atoms with Gasteiger partial charge in [-0.05, 0) is 25.7 Å². The van der Waals surface area contributed by atoms with Gasteiger partial charge in [-0.25, -0.2) is 4.68 Å². The van der Waals surface area contributed by atoms with Gasteiger partial charge in [0.1, 0.15) is 11.8 Å². The SMILES string of the molecule is CCCc1nn(C)c(OC2CCCCC2N)c1[N+](=O)[O-]. The van der Waals surface area contributed by atoms with Gasteiger partial charge in [0, 0.05) is 13.1 Å². The van der Waals surface area contributed by atoms with E-state index in [0.29, 0.717) is 12.1 Å². The fourth-order valence-corrected chi connectivity index (χ4v) is 2.69. The second-order valence-electron chi connectivity index (χ2n) is 5.34. The van der Waals surface area contributed by atoms with Crippen molar-refractivity contribution in [2.24, 2.45) is 12.8 Å². The molecule has 1 fully saturated rings. The maximum absolute atomic E-state index is 11.3. The number of nitrogens with zero attached hydrogens (tertiary/aromatic N) is 3. The van der Waals surface area contributed by atoms with Crippen molar-refractivity contribution >= 4 is 5.69 Å². The summed E-state index contributed by atoms with van der Waals surface area (Å²) in [5.74, 6) is 0.237. The molecule has 2 rings (SSSR count). The number of aromatic nitrogens is 2. The van der Waals surface area contributed by atoms with Crippen LogP contribution < -0.4 is 10.5 Å². The molecule has 7 heteroatoms. The Bertz CT molecular complexity index is 486. The highest BCUT2D eigenvalue weighted by Crippen LogP contribution is 2.33. The molecule has 1 heterocycles. The third-order valence-electron chi connectivity index (χ3n) is 3.73. The third-order valence-corrected chi connectivity index (χ3v) is 3.73. The first-order valence-corrected chi connectivity index (χ1v) is 7.17. The molecule has 2 N–H and O–H groups in total. The largest absolute Gasteiger partial charge is 0.468 e. The summed E-state index contributed by atoms with van der Waals surface area (Å²) in [6, 6.07) is -0.0621. The van der Waals surface area contributed by atoms with Crippen LogP contribution in [0.25, 0.3) is 0 Å². The first-order chi connectivity index (χ1) is 9.54. The maximum Gasteiger partial charge on any atom is 0.353 e. The zero-order valence-electron chi connectivity index (χ0n) is 12.0. The van der Waals surface area contributed by atoms with Gasteiger partial charge in [0.2, 0.25) is 0 Å². The molecule has 0 spiro atoms. The molecule has 1 aliphatic carbocycles. The van der Waals surface area contributed by atoms with E-state index >= 15 is 0 Å². The third kappa shape index (κ3) is 2.92. The monoisotopic (exact) mass is 282 g/mol. The lowest BCUT2D eigenvalue weighted by Crippen LogP contribution is -2.41. The van der Waals surface area contributed by atoms with Gasteiger partial charge in [0.25, 0.3) is 5.88 Å². The molecule has 1 aromatic rings. The second kappa shape index (κ2) is 6.21. The van der Waals surface area contributed by atoms with Gasteiger partial charge in [0.05, 0.1) is 4.92 Å². The minimum atomic E-state index is -0.401. The molecule has 0 amide bonds. The summed E-state index contributed by atoms with van der Waals surface area (Å²) in [4.78, 5) is 10.9. The van der Waals surface area contributed by atoms with Gasteiger partial charge < -0.3 is 10.5 Å². The molecule has 0 aliphatic heterocycles. The molecule has 0 saturated heterocycles. The summed E-state index contributed by atoms with van der Waals surface area (Å²) < 4.78 is 7.31. The summed E-state index contributed by atoms with van der Waals surface area (Å²) in [7, 11) is 1.68. The fraction of sp³-hybridized carbons (Fsp3) is 0.769. The molecular weight excluding hydrogens is 260 g/mol. The van der Waals surface area contributed by atoms with E-state index in [1.54, 1.807) is 7.05 Å². The van der Waals surface area contributed by atoms with Crippen molar-refractivity contribution < 1.29 is 9.66 Å². The van der Waals surface area contributed by atoms with Gasteiger partial charge in [-0.3, -0.25) is 10.1 Å². The summed E-state index contributed by atoms with van der Waals surface area (Å²) >= 11 is 0. The standard InChI is InChI=1S/C13H22N4O3/c1-3-6-10-12(17(18)19)13(16(2)15-10)20-11-8-5-4-7-9(11)14/h9,11H,3-8,14H2,1-2H3. The lowest BCUT2D eigenvalue weighted by Gasteiger charge is -2.28. The van der Waals surface area contributed by atoms with Crippen molar-refractivity contribution in [3.05, 3.63) is 15.8 Å². The van der Waals surface area contributed by atoms with Crippen molar-refractivity contribution in [1.29, 1.82) is 0 Å². The highest BCUT2D eigenvalue weighted by molar-refractivity contribution is 5.46. The van der Waals surface area contributed by atoms with Crippen molar-refractivity contribution in [2.75, 3.05) is 0 Å². The van der Waals surface area contributed by atoms with E-state index in [2.05, 4.69) is 5.10 Å². The Morgan fingerprint density at radius 2 is 2.20 bits per heavy atom. The Labute approximate surface area is 118 Å². The molecule has 0 bridgehead atoms. The number of aryl methyl sites for hydroxylation is 2. The number of nitro groups is 1. The molecule has 7 nitrogen and oxygen atoms in total. The van der Waals surface area contributed by atoms with Crippen LogP contribution in [-0.2, 0) is 13.5 Å². The number of hydrogen-bond donors (Lipinski definition) is 1. The zero-order valence-corrected chi connectivity index (χ0v) is 12.0. The van der Waals surface area contributed by atoms with E-state index in [0.717, 1.165) is 32.1 Å². The second-order valence-corrected chi connectivity index (χ2v) is 5.34. The topological polar surface area (TPSA) is 96.2 Å². The molecule has 0 radical (unpaired) electrons. The van der Waals surface area contributed by atoms with E-state index in [1.807, 2.05) is 6.92 Å². The number of nitrogens with two attached hydrogens (primary N) is 1. The molecule has 112 valence electrons. The first-order valence-electron chi connectivity index (χ1n) is 7.17. The van der Waals surface area contributed by atoms with Crippen LogP contribution in [0.5, 0.6) is 5.88 Å². The molecule has 0 aromatic carbocycles. The Kier molecular flexibility index (Phi) is 4.59. The maximum atomic E-state index is 11.3. The van der Waals surface area contributed by atoms with Crippen LogP contribution in [0.2, 0.25) is 0 Å². The molecule has 20 heavy (non-hydrogen) atoms. The Hall–Kier alpha value is -1.63. The van der Waals surface area contributed by atoms with Crippen molar-refractivity contribution in [3.63, 3.8) is 0 Å². The number of hydrogen-bond acceptors (Lipinski definition) is 5. The van der Waals surface area contributed by atoms with E-state index < -0.39 is 4.92 Å². The Balaban J connectivity index is 2.27. The molecule has 2 atom stereocenters. The van der Waals surface area contributed by atoms with Crippen LogP contribution >= 0.6 is 0 Å².